The first-order chi connectivity index (χ1) is 27.7. The van der Waals surface area contributed by atoms with E-state index in [0.29, 0.717) is 17.5 Å². The summed E-state index contributed by atoms with van der Waals surface area (Å²) in [5.41, 5.74) is 9.64. The molecule has 11 aromatic rings. The zero-order valence-electron chi connectivity index (χ0n) is 29.9. The smallest absolute Gasteiger partial charge is 0.164 e. The third-order valence-electron chi connectivity index (χ3n) is 10.4. The second kappa shape index (κ2) is 13.5. The van der Waals surface area contributed by atoms with Gasteiger partial charge in [0.15, 0.2) is 17.5 Å². The van der Waals surface area contributed by atoms with E-state index >= 15 is 0 Å². The molecule has 7 aromatic carbocycles. The van der Waals surface area contributed by atoms with Crippen molar-refractivity contribution >= 4 is 63.0 Å². The van der Waals surface area contributed by atoms with Crippen LogP contribution in [-0.4, -0.2) is 19.9 Å². The molecule has 0 unspecified atom stereocenters. The second-order valence-corrected chi connectivity index (χ2v) is 15.9. The molecule has 262 valence electrons. The Labute approximate surface area is 331 Å². The first-order valence-corrected chi connectivity index (χ1v) is 20.2. The highest BCUT2D eigenvalue weighted by Gasteiger charge is 2.18. The predicted molar refractivity (Wildman–Crippen MR) is 236 cm³/mol. The van der Waals surface area contributed by atoms with Crippen LogP contribution in [-0.2, 0) is 0 Å². The highest BCUT2D eigenvalue weighted by molar-refractivity contribution is 7.26. The Bertz CT molecular complexity index is 3110. The number of rotatable bonds is 6. The minimum atomic E-state index is 0.625. The number of nitrogens with zero attached hydrogens (tertiary/aromatic N) is 4. The van der Waals surface area contributed by atoms with E-state index in [1.54, 1.807) is 0 Å². The third kappa shape index (κ3) is 5.66. The van der Waals surface area contributed by atoms with E-state index in [1.165, 1.54) is 51.5 Å². The fourth-order valence-electron chi connectivity index (χ4n) is 7.72. The summed E-state index contributed by atoms with van der Waals surface area (Å²) in [6, 6.07) is 60.2. The number of fused-ring (bicyclic) bond motifs is 6. The van der Waals surface area contributed by atoms with Gasteiger partial charge in [0, 0.05) is 69.4 Å². The molecule has 11 rings (SSSR count). The van der Waals surface area contributed by atoms with Crippen molar-refractivity contribution in [3.8, 4) is 67.5 Å². The molecule has 0 aliphatic rings. The number of aromatic nitrogens is 4. The van der Waals surface area contributed by atoms with Gasteiger partial charge in [-0.25, -0.2) is 15.0 Å². The molecule has 4 aromatic heterocycles. The second-order valence-electron chi connectivity index (χ2n) is 13.8. The minimum absolute atomic E-state index is 0.625. The summed E-state index contributed by atoms with van der Waals surface area (Å²) in [6.07, 6.45) is 3.64. The highest BCUT2D eigenvalue weighted by Crippen LogP contribution is 2.44. The Hall–Kier alpha value is -6.86. The maximum atomic E-state index is 5.24. The standard InChI is InChI=1S/C50H30N4S2/c1-2-10-33(11-3-1)48-52-49(34-22-20-31(21-23-34)32-24-26-51-27-25-32)54-50(53-48)37-29-35(38-14-8-16-42-40-12-4-6-18-44(40)55-46(38)42)28-36(30-37)39-15-9-17-43-41-13-5-7-19-45(41)56-47(39)43/h1-30H. The van der Waals surface area contributed by atoms with Gasteiger partial charge >= 0.3 is 0 Å². The normalized spacial score (nSPS) is 11.6. The van der Waals surface area contributed by atoms with Gasteiger partial charge in [0.1, 0.15) is 0 Å². The SMILES string of the molecule is c1ccc(-c2nc(-c3ccc(-c4ccncc4)cc3)nc(-c3cc(-c4cccc5c4sc4ccccc45)cc(-c4cccc5c4sc4ccccc45)c3)n2)cc1. The molecule has 0 saturated heterocycles. The van der Waals surface area contributed by atoms with Crippen molar-refractivity contribution < 1.29 is 0 Å². The zero-order chi connectivity index (χ0) is 37.0. The average Bonchev–Trinajstić information content (AvgIpc) is 3.86. The van der Waals surface area contributed by atoms with Gasteiger partial charge in [-0.05, 0) is 75.8 Å². The molecule has 0 aliphatic heterocycles. The van der Waals surface area contributed by atoms with Crippen molar-refractivity contribution in [3.05, 3.63) is 182 Å². The lowest BCUT2D eigenvalue weighted by molar-refractivity contribution is 1.07. The van der Waals surface area contributed by atoms with Crippen LogP contribution in [0.5, 0.6) is 0 Å². The summed E-state index contributed by atoms with van der Waals surface area (Å²) in [4.78, 5) is 19.7. The molecule has 0 saturated carbocycles. The third-order valence-corrected chi connectivity index (χ3v) is 12.9. The molecule has 0 fully saturated rings. The number of hydrogen-bond donors (Lipinski definition) is 0. The van der Waals surface area contributed by atoms with Gasteiger partial charge in [-0.1, -0.05) is 127 Å². The van der Waals surface area contributed by atoms with E-state index in [9.17, 15) is 0 Å². The molecule has 56 heavy (non-hydrogen) atoms. The van der Waals surface area contributed by atoms with Crippen LogP contribution in [0.3, 0.4) is 0 Å². The molecule has 0 amide bonds. The van der Waals surface area contributed by atoms with Crippen molar-refractivity contribution in [2.75, 3.05) is 0 Å². The quantitative estimate of drug-likeness (QED) is 0.170. The van der Waals surface area contributed by atoms with Crippen LogP contribution in [0.2, 0.25) is 0 Å². The van der Waals surface area contributed by atoms with Gasteiger partial charge < -0.3 is 0 Å². The monoisotopic (exact) mass is 750 g/mol. The zero-order valence-corrected chi connectivity index (χ0v) is 31.6. The molecule has 0 atom stereocenters. The van der Waals surface area contributed by atoms with Gasteiger partial charge in [0.25, 0.3) is 0 Å². The van der Waals surface area contributed by atoms with E-state index in [-0.39, 0.29) is 0 Å². The predicted octanol–water partition coefficient (Wildman–Crippen LogP) is 14.0. The highest BCUT2D eigenvalue weighted by atomic mass is 32.1. The van der Waals surface area contributed by atoms with Crippen LogP contribution in [0.25, 0.3) is 108 Å². The van der Waals surface area contributed by atoms with Crippen LogP contribution in [0, 0.1) is 0 Å². The molecule has 4 nitrogen and oxygen atoms in total. The summed E-state index contributed by atoms with van der Waals surface area (Å²) in [5.74, 6) is 1.89. The van der Waals surface area contributed by atoms with E-state index in [2.05, 4.69) is 145 Å². The van der Waals surface area contributed by atoms with Crippen molar-refractivity contribution in [2.45, 2.75) is 0 Å². The summed E-state index contributed by atoms with van der Waals surface area (Å²) >= 11 is 3.70. The van der Waals surface area contributed by atoms with Gasteiger partial charge in [-0.15, -0.1) is 22.7 Å². The van der Waals surface area contributed by atoms with Crippen LogP contribution in [0.4, 0.5) is 0 Å². The van der Waals surface area contributed by atoms with Crippen LogP contribution in [0.15, 0.2) is 182 Å². The molecular weight excluding hydrogens is 721 g/mol. The summed E-state index contributed by atoms with van der Waals surface area (Å²) < 4.78 is 5.11. The van der Waals surface area contributed by atoms with Crippen molar-refractivity contribution in [3.63, 3.8) is 0 Å². The number of hydrogen-bond acceptors (Lipinski definition) is 6. The van der Waals surface area contributed by atoms with Gasteiger partial charge in [0.05, 0.1) is 0 Å². The summed E-state index contributed by atoms with van der Waals surface area (Å²) in [7, 11) is 0. The Morgan fingerprint density at radius 2 is 0.732 bits per heavy atom. The first-order valence-electron chi connectivity index (χ1n) is 18.5. The van der Waals surface area contributed by atoms with Crippen LogP contribution < -0.4 is 0 Å². The van der Waals surface area contributed by atoms with Crippen molar-refractivity contribution in [1.82, 2.24) is 19.9 Å². The Balaban J connectivity index is 1.15. The molecule has 0 spiro atoms. The minimum Gasteiger partial charge on any atom is -0.265 e. The molecule has 4 heterocycles. The summed E-state index contributed by atoms with van der Waals surface area (Å²) in [6.45, 7) is 0. The molecule has 0 bridgehead atoms. The molecule has 0 N–H and O–H groups in total. The first kappa shape index (κ1) is 32.6. The van der Waals surface area contributed by atoms with E-state index < -0.39 is 0 Å². The fraction of sp³-hybridized carbons (Fsp3) is 0. The lowest BCUT2D eigenvalue weighted by Gasteiger charge is -2.13. The maximum Gasteiger partial charge on any atom is 0.164 e. The van der Waals surface area contributed by atoms with E-state index in [4.69, 9.17) is 15.0 Å². The number of pyridine rings is 1. The maximum absolute atomic E-state index is 5.24. The Morgan fingerprint density at radius 1 is 0.304 bits per heavy atom. The number of benzene rings is 7. The lowest BCUT2D eigenvalue weighted by Crippen LogP contribution is -2.00. The van der Waals surface area contributed by atoms with E-state index in [1.807, 2.05) is 65.4 Å². The Morgan fingerprint density at radius 3 is 1.30 bits per heavy atom. The lowest BCUT2D eigenvalue weighted by atomic mass is 9.94. The molecule has 0 radical (unpaired) electrons. The van der Waals surface area contributed by atoms with Crippen molar-refractivity contribution in [1.29, 1.82) is 0 Å². The average molecular weight is 751 g/mol. The van der Waals surface area contributed by atoms with E-state index in [0.717, 1.165) is 38.9 Å². The number of thiophene rings is 2. The largest absolute Gasteiger partial charge is 0.265 e. The Kier molecular flexibility index (Phi) is 7.83. The van der Waals surface area contributed by atoms with Crippen molar-refractivity contribution in [2.24, 2.45) is 0 Å². The molecule has 6 heteroatoms. The van der Waals surface area contributed by atoms with Crippen LogP contribution >= 0.6 is 22.7 Å². The van der Waals surface area contributed by atoms with Gasteiger partial charge in [-0.2, -0.15) is 0 Å². The van der Waals surface area contributed by atoms with Gasteiger partial charge in [-0.3, -0.25) is 4.98 Å². The molecular formula is C50H30N4S2. The van der Waals surface area contributed by atoms with Gasteiger partial charge in [0.2, 0.25) is 0 Å². The topological polar surface area (TPSA) is 51.6 Å². The molecule has 0 aliphatic carbocycles. The summed E-state index contributed by atoms with van der Waals surface area (Å²) in [5, 5.41) is 5.10. The fourth-order valence-corrected chi connectivity index (χ4v) is 10.2. The van der Waals surface area contributed by atoms with Crippen LogP contribution in [0.1, 0.15) is 0 Å².